The van der Waals surface area contributed by atoms with Gasteiger partial charge in [-0.3, -0.25) is 10.1 Å². The number of hydrogen-bond acceptors (Lipinski definition) is 3. The predicted molar refractivity (Wildman–Crippen MR) is 77.6 cm³/mol. The minimum atomic E-state index is -0.177. The molecule has 20 heavy (non-hydrogen) atoms. The van der Waals surface area contributed by atoms with Crippen LogP contribution in [0.15, 0.2) is 42.7 Å². The molecule has 0 bridgehead atoms. The zero-order chi connectivity index (χ0) is 14.1. The maximum absolute atomic E-state index is 12.3. The van der Waals surface area contributed by atoms with Gasteiger partial charge in [-0.05, 0) is 29.3 Å². The molecule has 0 atom stereocenters. The molecule has 1 N–H and O–H groups in total. The van der Waals surface area contributed by atoms with Gasteiger partial charge in [0.05, 0.1) is 0 Å². The first-order valence-corrected chi connectivity index (χ1v) is 6.30. The highest BCUT2D eigenvalue weighted by molar-refractivity contribution is 6.07. The van der Waals surface area contributed by atoms with Crippen LogP contribution in [0.2, 0.25) is 0 Å². The number of nitrogens with zero attached hydrogens (tertiary/aromatic N) is 3. The van der Waals surface area contributed by atoms with Crippen LogP contribution >= 0.6 is 0 Å². The zero-order valence-electron chi connectivity index (χ0n) is 11.3. The van der Waals surface area contributed by atoms with Gasteiger partial charge in [-0.1, -0.05) is 30.3 Å². The first kappa shape index (κ1) is 12.3. The van der Waals surface area contributed by atoms with Gasteiger partial charge in [0.1, 0.15) is 6.33 Å². The molecule has 5 heteroatoms. The largest absolute Gasteiger partial charge is 0.291 e. The van der Waals surface area contributed by atoms with E-state index in [0.29, 0.717) is 11.5 Å². The standard InChI is InChI=1S/C15H14N4O/c1-10-12-6-4-3-5-11(12)7-8-13(10)14(20)18-15-16-9-17-19(15)2/h3-9H,1-2H3,(H,16,17,18,20). The Hall–Kier alpha value is -2.69. The molecule has 0 aliphatic rings. The van der Waals surface area contributed by atoms with Gasteiger partial charge >= 0.3 is 0 Å². The molecule has 0 saturated heterocycles. The molecule has 5 nitrogen and oxygen atoms in total. The number of amides is 1. The molecule has 1 aromatic heterocycles. The van der Waals surface area contributed by atoms with E-state index in [2.05, 4.69) is 15.4 Å². The van der Waals surface area contributed by atoms with Gasteiger partial charge in [0.15, 0.2) is 0 Å². The number of aryl methyl sites for hydroxylation is 2. The maximum Gasteiger partial charge on any atom is 0.258 e. The summed E-state index contributed by atoms with van der Waals surface area (Å²) in [4.78, 5) is 16.3. The number of hydrogen-bond donors (Lipinski definition) is 1. The Bertz CT molecular complexity index is 791. The first-order chi connectivity index (χ1) is 9.66. The molecule has 0 aliphatic heterocycles. The van der Waals surface area contributed by atoms with Crippen LogP contribution in [0.5, 0.6) is 0 Å². The summed E-state index contributed by atoms with van der Waals surface area (Å²) in [7, 11) is 1.73. The van der Waals surface area contributed by atoms with Gasteiger partial charge in [0.2, 0.25) is 5.95 Å². The van der Waals surface area contributed by atoms with Crippen molar-refractivity contribution in [3.8, 4) is 0 Å². The van der Waals surface area contributed by atoms with E-state index in [0.717, 1.165) is 16.3 Å². The fourth-order valence-electron chi connectivity index (χ4n) is 2.25. The van der Waals surface area contributed by atoms with Crippen molar-refractivity contribution in [3.05, 3.63) is 53.9 Å². The summed E-state index contributed by atoms with van der Waals surface area (Å²) in [5, 5.41) is 8.90. The summed E-state index contributed by atoms with van der Waals surface area (Å²) in [5.74, 6) is 0.256. The van der Waals surface area contributed by atoms with E-state index < -0.39 is 0 Å². The SMILES string of the molecule is Cc1c(C(=O)Nc2ncnn2C)ccc2ccccc12. The average Bonchev–Trinajstić information content (AvgIpc) is 2.85. The lowest BCUT2D eigenvalue weighted by atomic mass is 10.00. The molecule has 3 aromatic rings. The lowest BCUT2D eigenvalue weighted by Gasteiger charge is -2.09. The maximum atomic E-state index is 12.3. The number of nitrogens with one attached hydrogen (secondary N) is 1. The van der Waals surface area contributed by atoms with Crippen molar-refractivity contribution >= 4 is 22.6 Å². The normalized spacial score (nSPS) is 10.7. The molecule has 0 radical (unpaired) electrons. The Kier molecular flexibility index (Phi) is 2.95. The van der Waals surface area contributed by atoms with E-state index in [1.807, 2.05) is 43.3 Å². The number of aromatic nitrogens is 3. The topological polar surface area (TPSA) is 59.8 Å². The number of rotatable bonds is 2. The first-order valence-electron chi connectivity index (χ1n) is 6.30. The summed E-state index contributed by atoms with van der Waals surface area (Å²) >= 11 is 0. The lowest BCUT2D eigenvalue weighted by Crippen LogP contribution is -2.16. The predicted octanol–water partition coefficient (Wildman–Crippen LogP) is 2.53. The van der Waals surface area contributed by atoms with Gasteiger partial charge in [0.25, 0.3) is 5.91 Å². The Morgan fingerprint density at radius 1 is 1.20 bits per heavy atom. The van der Waals surface area contributed by atoms with E-state index in [-0.39, 0.29) is 5.91 Å². The van der Waals surface area contributed by atoms with E-state index in [1.54, 1.807) is 7.05 Å². The third-order valence-electron chi connectivity index (χ3n) is 3.38. The van der Waals surface area contributed by atoms with Gasteiger partial charge in [0, 0.05) is 12.6 Å². The molecule has 1 heterocycles. The van der Waals surface area contributed by atoms with Crippen LogP contribution < -0.4 is 5.32 Å². The molecular weight excluding hydrogens is 252 g/mol. The minimum absolute atomic E-state index is 0.177. The van der Waals surface area contributed by atoms with Gasteiger partial charge in [-0.25, -0.2) is 4.68 Å². The second-order valence-electron chi connectivity index (χ2n) is 4.62. The van der Waals surface area contributed by atoms with E-state index in [4.69, 9.17) is 0 Å². The van der Waals surface area contributed by atoms with E-state index in [9.17, 15) is 4.79 Å². The van der Waals surface area contributed by atoms with Crippen molar-refractivity contribution in [1.29, 1.82) is 0 Å². The van der Waals surface area contributed by atoms with Crippen LogP contribution in [0.3, 0.4) is 0 Å². The van der Waals surface area contributed by atoms with Crippen LogP contribution in [0.4, 0.5) is 5.95 Å². The molecule has 0 aliphatic carbocycles. The number of carbonyl (C=O) groups is 1. The van der Waals surface area contributed by atoms with Gasteiger partial charge in [-0.15, -0.1) is 0 Å². The highest BCUT2D eigenvalue weighted by Crippen LogP contribution is 2.22. The third-order valence-corrected chi connectivity index (χ3v) is 3.38. The summed E-state index contributed by atoms with van der Waals surface area (Å²) in [6, 6.07) is 11.8. The summed E-state index contributed by atoms with van der Waals surface area (Å²) < 4.78 is 1.52. The van der Waals surface area contributed by atoms with Crippen LogP contribution in [0.25, 0.3) is 10.8 Å². The summed E-state index contributed by atoms with van der Waals surface area (Å²) in [6.07, 6.45) is 1.41. The van der Waals surface area contributed by atoms with Crippen LogP contribution in [0, 0.1) is 6.92 Å². The molecule has 0 spiro atoms. The van der Waals surface area contributed by atoms with Crippen molar-refractivity contribution in [2.45, 2.75) is 6.92 Å². The fraction of sp³-hybridized carbons (Fsp3) is 0.133. The van der Waals surface area contributed by atoms with Crippen molar-refractivity contribution in [2.75, 3.05) is 5.32 Å². The molecule has 100 valence electrons. The molecule has 2 aromatic carbocycles. The smallest absolute Gasteiger partial charge is 0.258 e. The average molecular weight is 266 g/mol. The van der Waals surface area contributed by atoms with Crippen molar-refractivity contribution in [2.24, 2.45) is 7.05 Å². The molecule has 0 fully saturated rings. The van der Waals surface area contributed by atoms with Crippen molar-refractivity contribution < 1.29 is 4.79 Å². The van der Waals surface area contributed by atoms with Crippen LogP contribution in [-0.4, -0.2) is 20.7 Å². The van der Waals surface area contributed by atoms with Crippen molar-refractivity contribution in [3.63, 3.8) is 0 Å². The van der Waals surface area contributed by atoms with Crippen LogP contribution in [0.1, 0.15) is 15.9 Å². The van der Waals surface area contributed by atoms with E-state index in [1.165, 1.54) is 11.0 Å². The van der Waals surface area contributed by atoms with Crippen molar-refractivity contribution in [1.82, 2.24) is 14.8 Å². The second kappa shape index (κ2) is 4.77. The number of anilines is 1. The summed E-state index contributed by atoms with van der Waals surface area (Å²) in [6.45, 7) is 1.95. The highest BCUT2D eigenvalue weighted by Gasteiger charge is 2.13. The number of benzene rings is 2. The molecular formula is C15H14N4O. The van der Waals surface area contributed by atoms with Gasteiger partial charge < -0.3 is 0 Å². The fourth-order valence-corrected chi connectivity index (χ4v) is 2.25. The molecule has 0 saturated carbocycles. The Morgan fingerprint density at radius 3 is 2.75 bits per heavy atom. The van der Waals surface area contributed by atoms with E-state index >= 15 is 0 Å². The minimum Gasteiger partial charge on any atom is -0.291 e. The molecule has 3 rings (SSSR count). The lowest BCUT2D eigenvalue weighted by molar-refractivity contribution is 0.102. The Labute approximate surface area is 116 Å². The number of carbonyl (C=O) groups excluding carboxylic acids is 1. The Morgan fingerprint density at radius 2 is 2.00 bits per heavy atom. The van der Waals surface area contributed by atoms with Crippen LogP contribution in [-0.2, 0) is 7.05 Å². The second-order valence-corrected chi connectivity index (χ2v) is 4.62. The monoisotopic (exact) mass is 266 g/mol. The molecule has 1 amide bonds. The highest BCUT2D eigenvalue weighted by atomic mass is 16.1. The van der Waals surface area contributed by atoms with Gasteiger partial charge in [-0.2, -0.15) is 10.1 Å². The third kappa shape index (κ3) is 2.03. The quantitative estimate of drug-likeness (QED) is 0.775. The number of fused-ring (bicyclic) bond motifs is 1. The molecule has 0 unspecified atom stereocenters. The summed E-state index contributed by atoms with van der Waals surface area (Å²) in [5.41, 5.74) is 1.61. The Balaban J connectivity index is 2.00. The zero-order valence-corrected chi connectivity index (χ0v) is 11.3.